The molecule has 23 heavy (non-hydrogen) atoms. The molecule has 3 atom stereocenters. The number of morpholine rings is 1. The predicted octanol–water partition coefficient (Wildman–Crippen LogP) is 1.68. The molecule has 0 radical (unpaired) electrons. The fraction of sp³-hybridized carbons (Fsp3) is 0.529. The molecule has 0 spiro atoms. The maximum Gasteiger partial charge on any atom is 0.321 e. The van der Waals surface area contributed by atoms with Crippen molar-refractivity contribution in [2.24, 2.45) is 0 Å². The molecule has 6 heteroatoms. The van der Waals surface area contributed by atoms with Gasteiger partial charge in [0, 0.05) is 18.6 Å². The van der Waals surface area contributed by atoms with E-state index in [4.69, 9.17) is 4.74 Å². The number of imide groups is 1. The van der Waals surface area contributed by atoms with E-state index in [2.05, 4.69) is 15.5 Å². The van der Waals surface area contributed by atoms with E-state index < -0.39 is 6.03 Å². The molecular formula is C17H25N3O3. The SMILES string of the molecule is CCNC(=O)NC(=O)CN1[C@H](C)CO[C@@H](c2ccccc2)[C@@H]1C. The van der Waals surface area contributed by atoms with Gasteiger partial charge in [0.2, 0.25) is 5.91 Å². The summed E-state index contributed by atoms with van der Waals surface area (Å²) in [6, 6.07) is 9.70. The van der Waals surface area contributed by atoms with Crippen molar-refractivity contribution in [1.82, 2.24) is 15.5 Å². The average molecular weight is 319 g/mol. The van der Waals surface area contributed by atoms with E-state index in [0.717, 1.165) is 5.56 Å². The van der Waals surface area contributed by atoms with Crippen LogP contribution in [0.25, 0.3) is 0 Å². The molecular weight excluding hydrogens is 294 g/mol. The molecule has 0 aromatic heterocycles. The maximum atomic E-state index is 12.1. The van der Waals surface area contributed by atoms with Crippen LogP contribution in [0.1, 0.15) is 32.4 Å². The quantitative estimate of drug-likeness (QED) is 0.886. The highest BCUT2D eigenvalue weighted by Crippen LogP contribution is 2.30. The Bertz CT molecular complexity index is 535. The van der Waals surface area contributed by atoms with Crippen LogP contribution in [-0.2, 0) is 9.53 Å². The smallest absolute Gasteiger partial charge is 0.321 e. The van der Waals surface area contributed by atoms with E-state index in [-0.39, 0.29) is 30.6 Å². The van der Waals surface area contributed by atoms with E-state index in [9.17, 15) is 9.59 Å². The number of ether oxygens (including phenoxy) is 1. The van der Waals surface area contributed by atoms with Crippen molar-refractivity contribution in [2.45, 2.75) is 39.0 Å². The number of carbonyl (C=O) groups is 2. The molecule has 2 N–H and O–H groups in total. The standard InChI is InChI=1S/C17H25N3O3/c1-4-18-17(22)19-15(21)10-20-12(2)11-23-16(13(20)3)14-8-6-5-7-9-14/h5-9,12-13,16H,4,10-11H2,1-3H3,(H2,18,19,21,22)/t12-,13+,16-/m1/s1. The lowest BCUT2D eigenvalue weighted by molar-refractivity contribution is -0.130. The molecule has 1 heterocycles. The number of nitrogens with zero attached hydrogens (tertiary/aromatic N) is 1. The lowest BCUT2D eigenvalue weighted by atomic mass is 9.98. The maximum absolute atomic E-state index is 12.1. The first-order valence-corrected chi connectivity index (χ1v) is 8.03. The number of amides is 3. The highest BCUT2D eigenvalue weighted by Gasteiger charge is 2.35. The predicted molar refractivity (Wildman–Crippen MR) is 88.0 cm³/mol. The van der Waals surface area contributed by atoms with Crippen LogP contribution >= 0.6 is 0 Å². The first-order valence-electron chi connectivity index (χ1n) is 8.03. The van der Waals surface area contributed by atoms with Gasteiger partial charge in [-0.1, -0.05) is 30.3 Å². The lowest BCUT2D eigenvalue weighted by Gasteiger charge is -2.43. The fourth-order valence-corrected chi connectivity index (χ4v) is 2.91. The molecule has 1 aromatic carbocycles. The van der Waals surface area contributed by atoms with Crippen molar-refractivity contribution < 1.29 is 14.3 Å². The molecule has 0 unspecified atom stereocenters. The van der Waals surface area contributed by atoms with Crippen LogP contribution in [0, 0.1) is 0 Å². The highest BCUT2D eigenvalue weighted by atomic mass is 16.5. The summed E-state index contributed by atoms with van der Waals surface area (Å²) in [5, 5.41) is 4.91. The Hall–Kier alpha value is -1.92. The van der Waals surface area contributed by atoms with Crippen molar-refractivity contribution in [3.05, 3.63) is 35.9 Å². The molecule has 3 amide bonds. The van der Waals surface area contributed by atoms with E-state index in [1.54, 1.807) is 6.92 Å². The number of rotatable bonds is 4. The normalized spacial score (nSPS) is 24.9. The molecule has 0 bridgehead atoms. The molecule has 0 saturated carbocycles. The van der Waals surface area contributed by atoms with Crippen LogP contribution in [0.4, 0.5) is 4.79 Å². The fourth-order valence-electron chi connectivity index (χ4n) is 2.91. The molecule has 2 rings (SSSR count). The zero-order valence-corrected chi connectivity index (χ0v) is 13.9. The van der Waals surface area contributed by atoms with Gasteiger partial charge in [-0.15, -0.1) is 0 Å². The van der Waals surface area contributed by atoms with E-state index in [1.807, 2.05) is 44.2 Å². The second kappa shape index (κ2) is 8.08. The topological polar surface area (TPSA) is 70.7 Å². The summed E-state index contributed by atoms with van der Waals surface area (Å²) < 4.78 is 5.97. The monoisotopic (exact) mass is 319 g/mol. The van der Waals surface area contributed by atoms with Crippen LogP contribution in [0.2, 0.25) is 0 Å². The van der Waals surface area contributed by atoms with Crippen LogP contribution in [0.15, 0.2) is 30.3 Å². The Balaban J connectivity index is 2.02. The number of carbonyl (C=O) groups excluding carboxylic acids is 2. The Labute approximate surface area is 137 Å². The first-order chi connectivity index (χ1) is 11.0. The van der Waals surface area contributed by atoms with Crippen LogP contribution in [0.3, 0.4) is 0 Å². The van der Waals surface area contributed by atoms with E-state index >= 15 is 0 Å². The summed E-state index contributed by atoms with van der Waals surface area (Å²) in [5.74, 6) is -0.302. The van der Waals surface area contributed by atoms with Crippen molar-refractivity contribution in [3.8, 4) is 0 Å². The van der Waals surface area contributed by atoms with Gasteiger partial charge < -0.3 is 10.1 Å². The third kappa shape index (κ3) is 4.53. The molecule has 1 saturated heterocycles. The third-order valence-electron chi connectivity index (χ3n) is 4.09. The highest BCUT2D eigenvalue weighted by molar-refractivity contribution is 5.95. The van der Waals surface area contributed by atoms with Gasteiger partial charge in [-0.3, -0.25) is 15.0 Å². The number of benzene rings is 1. The molecule has 0 aliphatic carbocycles. The van der Waals surface area contributed by atoms with Crippen LogP contribution in [-0.4, -0.2) is 48.6 Å². The van der Waals surface area contributed by atoms with Gasteiger partial charge in [0.15, 0.2) is 0 Å². The second-order valence-electron chi connectivity index (χ2n) is 5.83. The van der Waals surface area contributed by atoms with Gasteiger partial charge in [-0.2, -0.15) is 0 Å². The van der Waals surface area contributed by atoms with Crippen molar-refractivity contribution in [2.75, 3.05) is 19.7 Å². The van der Waals surface area contributed by atoms with Gasteiger partial charge in [0.1, 0.15) is 0 Å². The van der Waals surface area contributed by atoms with Crippen molar-refractivity contribution in [1.29, 1.82) is 0 Å². The molecule has 1 fully saturated rings. The van der Waals surface area contributed by atoms with Gasteiger partial charge in [0.05, 0.1) is 19.3 Å². The summed E-state index contributed by atoms with van der Waals surface area (Å²) in [7, 11) is 0. The van der Waals surface area contributed by atoms with Gasteiger partial charge >= 0.3 is 6.03 Å². The Morgan fingerprint density at radius 1 is 1.26 bits per heavy atom. The number of hydrogen-bond donors (Lipinski definition) is 2. The van der Waals surface area contributed by atoms with Crippen LogP contribution in [0.5, 0.6) is 0 Å². The number of urea groups is 1. The van der Waals surface area contributed by atoms with E-state index in [0.29, 0.717) is 13.2 Å². The zero-order chi connectivity index (χ0) is 16.8. The molecule has 6 nitrogen and oxygen atoms in total. The van der Waals surface area contributed by atoms with E-state index in [1.165, 1.54) is 0 Å². The minimum atomic E-state index is -0.453. The van der Waals surface area contributed by atoms with Gasteiger partial charge in [-0.05, 0) is 26.3 Å². The van der Waals surface area contributed by atoms with Crippen molar-refractivity contribution in [3.63, 3.8) is 0 Å². The largest absolute Gasteiger partial charge is 0.370 e. The lowest BCUT2D eigenvalue weighted by Crippen LogP contribution is -2.55. The summed E-state index contributed by atoms with van der Waals surface area (Å²) in [5.41, 5.74) is 1.10. The van der Waals surface area contributed by atoms with Gasteiger partial charge in [0.25, 0.3) is 0 Å². The second-order valence-corrected chi connectivity index (χ2v) is 5.83. The molecule has 1 aliphatic rings. The molecule has 1 aromatic rings. The Morgan fingerprint density at radius 2 is 1.96 bits per heavy atom. The Morgan fingerprint density at radius 3 is 2.61 bits per heavy atom. The summed E-state index contributed by atoms with van der Waals surface area (Å²) in [6.07, 6.45) is -0.0790. The third-order valence-corrected chi connectivity index (χ3v) is 4.09. The first kappa shape index (κ1) is 17.4. The minimum absolute atomic E-state index is 0.0427. The van der Waals surface area contributed by atoms with Crippen molar-refractivity contribution >= 4 is 11.9 Å². The number of hydrogen-bond acceptors (Lipinski definition) is 4. The molecule has 1 aliphatic heterocycles. The zero-order valence-electron chi connectivity index (χ0n) is 13.9. The average Bonchev–Trinajstić information content (AvgIpc) is 2.52. The van der Waals surface area contributed by atoms with Crippen LogP contribution < -0.4 is 10.6 Å². The Kier molecular flexibility index (Phi) is 6.12. The number of nitrogens with one attached hydrogen (secondary N) is 2. The minimum Gasteiger partial charge on any atom is -0.370 e. The summed E-state index contributed by atoms with van der Waals surface area (Å²) >= 11 is 0. The summed E-state index contributed by atoms with van der Waals surface area (Å²) in [4.78, 5) is 25.6. The molecule has 126 valence electrons. The van der Waals surface area contributed by atoms with Gasteiger partial charge in [-0.25, -0.2) is 4.79 Å². The summed E-state index contributed by atoms with van der Waals surface area (Å²) in [6.45, 7) is 7.09.